The van der Waals surface area contributed by atoms with Gasteiger partial charge in [-0.05, 0) is 12.1 Å². The number of rotatable bonds is 5. The van der Waals surface area contributed by atoms with Crippen molar-refractivity contribution in [3.8, 4) is 0 Å². The molecule has 1 aromatic heterocycles. The van der Waals surface area contributed by atoms with E-state index < -0.39 is 24.4 Å². The molecule has 1 aromatic carbocycles. The number of hydrogen-bond donors (Lipinski definition) is 1. The molecule has 98 valence electrons. The van der Waals surface area contributed by atoms with Crippen LogP contribution in [0.2, 0.25) is 0 Å². The van der Waals surface area contributed by atoms with Gasteiger partial charge in [0.25, 0.3) is 0 Å². The molecule has 0 aliphatic carbocycles. The van der Waals surface area contributed by atoms with Crippen molar-refractivity contribution in [1.82, 2.24) is 9.97 Å². The van der Waals surface area contributed by atoms with E-state index in [1.54, 1.807) is 24.3 Å². The number of aliphatic carboxylic acids is 2. The molecule has 0 aliphatic heterocycles. The molecule has 2 rings (SSSR count). The van der Waals surface area contributed by atoms with Gasteiger partial charge in [0.15, 0.2) is 0 Å². The molecule has 7 heteroatoms. The lowest BCUT2D eigenvalue weighted by Crippen LogP contribution is -2.44. The first-order chi connectivity index (χ1) is 9.08. The van der Waals surface area contributed by atoms with Gasteiger partial charge in [-0.1, -0.05) is 12.1 Å². The van der Waals surface area contributed by atoms with E-state index in [1.807, 2.05) is 0 Å². The number of carbonyl (C=O) groups excluding carboxylic acids is 2. The molecule has 0 saturated carbocycles. The van der Waals surface area contributed by atoms with Crippen LogP contribution in [-0.4, -0.2) is 27.9 Å². The molecular formula is C12H9N3O4-2. The van der Waals surface area contributed by atoms with Gasteiger partial charge in [-0.2, -0.15) is 0 Å². The summed E-state index contributed by atoms with van der Waals surface area (Å²) in [7, 11) is 0. The monoisotopic (exact) mass is 259 g/mol. The highest BCUT2D eigenvalue weighted by atomic mass is 16.4. The second kappa shape index (κ2) is 5.30. The number of anilines is 1. The van der Waals surface area contributed by atoms with E-state index in [4.69, 9.17) is 0 Å². The molecule has 1 heterocycles. The third-order valence-corrected chi connectivity index (χ3v) is 2.51. The smallest absolute Gasteiger partial charge is 0.137 e. The van der Waals surface area contributed by atoms with E-state index in [9.17, 15) is 19.8 Å². The zero-order valence-electron chi connectivity index (χ0n) is 9.70. The van der Waals surface area contributed by atoms with Gasteiger partial charge in [0.05, 0.1) is 17.5 Å². The molecule has 0 radical (unpaired) electrons. The summed E-state index contributed by atoms with van der Waals surface area (Å²) in [4.78, 5) is 29.3. The number of carbonyl (C=O) groups is 2. The molecule has 0 spiro atoms. The summed E-state index contributed by atoms with van der Waals surface area (Å²) in [6.45, 7) is 0. The fourth-order valence-corrected chi connectivity index (χ4v) is 1.64. The maximum absolute atomic E-state index is 10.9. The quantitative estimate of drug-likeness (QED) is 0.679. The number of hydrogen-bond acceptors (Lipinski definition) is 7. The van der Waals surface area contributed by atoms with Crippen molar-refractivity contribution >= 4 is 28.7 Å². The molecule has 7 nitrogen and oxygen atoms in total. The Morgan fingerprint density at radius 1 is 1.21 bits per heavy atom. The first-order valence-electron chi connectivity index (χ1n) is 5.45. The number of benzene rings is 1. The van der Waals surface area contributed by atoms with Crippen LogP contribution in [-0.2, 0) is 9.59 Å². The Morgan fingerprint density at radius 3 is 2.63 bits per heavy atom. The molecule has 0 bridgehead atoms. The van der Waals surface area contributed by atoms with Crippen molar-refractivity contribution in [2.45, 2.75) is 12.5 Å². The molecule has 1 N–H and O–H groups in total. The van der Waals surface area contributed by atoms with Gasteiger partial charge in [-0.3, -0.25) is 0 Å². The van der Waals surface area contributed by atoms with Crippen LogP contribution in [0.3, 0.4) is 0 Å². The SMILES string of the molecule is O=C([O-])C[C@@H](Nc1ncnc2ccccc12)C(=O)[O-]. The van der Waals surface area contributed by atoms with Crippen molar-refractivity contribution in [3.63, 3.8) is 0 Å². The van der Waals surface area contributed by atoms with Crippen LogP contribution in [0, 0.1) is 0 Å². The lowest BCUT2D eigenvalue weighted by Gasteiger charge is -2.21. The van der Waals surface area contributed by atoms with Crippen LogP contribution in [0.1, 0.15) is 6.42 Å². The first kappa shape index (κ1) is 12.7. The van der Waals surface area contributed by atoms with Crippen molar-refractivity contribution < 1.29 is 19.8 Å². The minimum atomic E-state index is -1.54. The van der Waals surface area contributed by atoms with E-state index in [2.05, 4.69) is 15.3 Å². The van der Waals surface area contributed by atoms with Crippen LogP contribution in [0.25, 0.3) is 10.9 Å². The lowest BCUT2D eigenvalue weighted by atomic mass is 10.2. The number of fused-ring (bicyclic) bond motifs is 1. The van der Waals surface area contributed by atoms with Gasteiger partial charge >= 0.3 is 0 Å². The number of nitrogens with one attached hydrogen (secondary N) is 1. The normalized spacial score (nSPS) is 12.0. The predicted octanol–water partition coefficient (Wildman–Crippen LogP) is -1.70. The summed E-state index contributed by atoms with van der Waals surface area (Å²) < 4.78 is 0. The zero-order valence-corrected chi connectivity index (χ0v) is 9.70. The molecule has 0 aliphatic rings. The number of para-hydroxylation sites is 1. The summed E-state index contributed by atoms with van der Waals surface area (Å²) in [6.07, 6.45) is 0.552. The van der Waals surface area contributed by atoms with Crippen molar-refractivity contribution in [2.24, 2.45) is 0 Å². The average Bonchev–Trinajstić information content (AvgIpc) is 2.37. The molecule has 0 fully saturated rings. The molecule has 0 saturated heterocycles. The number of carboxylic acid groups (broad SMARTS) is 2. The summed E-state index contributed by atoms with van der Waals surface area (Å²) in [5.41, 5.74) is 0.616. The van der Waals surface area contributed by atoms with Crippen molar-refractivity contribution in [3.05, 3.63) is 30.6 Å². The van der Waals surface area contributed by atoms with E-state index in [1.165, 1.54) is 6.33 Å². The Balaban J connectivity index is 2.33. The van der Waals surface area contributed by atoms with Gasteiger partial charge in [0, 0.05) is 17.8 Å². The highest BCUT2D eigenvalue weighted by Gasteiger charge is 2.12. The lowest BCUT2D eigenvalue weighted by molar-refractivity contribution is -0.316. The second-order valence-corrected chi connectivity index (χ2v) is 3.83. The molecule has 0 amide bonds. The standard InChI is InChI=1S/C12H11N3O4/c16-10(17)5-9(12(18)19)15-11-7-3-1-2-4-8(7)13-6-14-11/h1-4,6,9H,5H2,(H,16,17)(H,18,19)(H,13,14,15)/p-2/t9-/m1/s1. The Bertz CT molecular complexity index is 624. The zero-order chi connectivity index (χ0) is 13.8. The van der Waals surface area contributed by atoms with Gasteiger partial charge in [-0.25, -0.2) is 9.97 Å². The van der Waals surface area contributed by atoms with E-state index >= 15 is 0 Å². The maximum Gasteiger partial charge on any atom is 0.137 e. The third-order valence-electron chi connectivity index (χ3n) is 2.51. The Morgan fingerprint density at radius 2 is 1.95 bits per heavy atom. The highest BCUT2D eigenvalue weighted by molar-refractivity contribution is 5.91. The number of carboxylic acids is 2. The van der Waals surface area contributed by atoms with Crippen LogP contribution in [0.15, 0.2) is 30.6 Å². The summed E-state index contributed by atoms with van der Waals surface area (Å²) in [5, 5.41) is 24.5. The molecular weight excluding hydrogens is 250 g/mol. The van der Waals surface area contributed by atoms with Crippen LogP contribution in [0.5, 0.6) is 0 Å². The van der Waals surface area contributed by atoms with E-state index in [0.717, 1.165) is 0 Å². The van der Waals surface area contributed by atoms with E-state index in [0.29, 0.717) is 10.9 Å². The highest BCUT2D eigenvalue weighted by Crippen LogP contribution is 2.19. The van der Waals surface area contributed by atoms with Gasteiger partial charge in [0.1, 0.15) is 12.1 Å². The Labute approximate surface area is 107 Å². The summed E-state index contributed by atoms with van der Waals surface area (Å²) in [6, 6.07) is 5.53. The molecule has 2 aromatic rings. The van der Waals surface area contributed by atoms with Gasteiger partial charge in [-0.15, -0.1) is 0 Å². The Kier molecular flexibility index (Phi) is 3.56. The number of aromatic nitrogens is 2. The first-order valence-corrected chi connectivity index (χ1v) is 5.45. The summed E-state index contributed by atoms with van der Waals surface area (Å²) >= 11 is 0. The number of nitrogens with zero attached hydrogens (tertiary/aromatic N) is 2. The predicted molar refractivity (Wildman–Crippen MR) is 61.6 cm³/mol. The molecule has 1 atom stereocenters. The van der Waals surface area contributed by atoms with E-state index in [-0.39, 0.29) is 5.82 Å². The summed E-state index contributed by atoms with van der Waals surface area (Å²) in [5.74, 6) is -2.78. The average molecular weight is 259 g/mol. The minimum absolute atomic E-state index is 0.237. The van der Waals surface area contributed by atoms with Crippen LogP contribution in [0.4, 0.5) is 5.82 Å². The fourth-order valence-electron chi connectivity index (χ4n) is 1.64. The fraction of sp³-hybridized carbons (Fsp3) is 0.167. The molecule has 0 unspecified atom stereocenters. The topological polar surface area (TPSA) is 118 Å². The van der Waals surface area contributed by atoms with Crippen molar-refractivity contribution in [2.75, 3.05) is 5.32 Å². The second-order valence-electron chi connectivity index (χ2n) is 3.83. The van der Waals surface area contributed by atoms with Gasteiger partial charge < -0.3 is 25.1 Å². The van der Waals surface area contributed by atoms with Gasteiger partial charge in [0.2, 0.25) is 0 Å². The minimum Gasteiger partial charge on any atom is -0.550 e. The van der Waals surface area contributed by atoms with Crippen molar-refractivity contribution in [1.29, 1.82) is 0 Å². The molecule has 19 heavy (non-hydrogen) atoms. The Hall–Kier alpha value is -2.70. The largest absolute Gasteiger partial charge is 0.550 e. The van der Waals surface area contributed by atoms with Crippen LogP contribution >= 0.6 is 0 Å². The van der Waals surface area contributed by atoms with Crippen LogP contribution < -0.4 is 15.5 Å². The maximum atomic E-state index is 10.9. The third kappa shape index (κ3) is 2.95.